The lowest BCUT2D eigenvalue weighted by Gasteiger charge is -2.05. The molecule has 1 nitrogen and oxygen atoms in total. The Balaban J connectivity index is 2.55. The molecule has 0 fully saturated rings. The Morgan fingerprint density at radius 1 is 1.50 bits per heavy atom. The van der Waals surface area contributed by atoms with Gasteiger partial charge in [-0.15, -0.1) is 0 Å². The van der Waals surface area contributed by atoms with Crippen LogP contribution in [0.4, 0.5) is 4.39 Å². The normalized spacial score (nSPS) is 10.2. The van der Waals surface area contributed by atoms with Gasteiger partial charge in [0.1, 0.15) is 5.82 Å². The third-order valence-corrected chi connectivity index (χ3v) is 2.67. The van der Waals surface area contributed by atoms with Gasteiger partial charge < -0.3 is 5.32 Å². The van der Waals surface area contributed by atoms with Crippen molar-refractivity contribution in [3.63, 3.8) is 0 Å². The maximum absolute atomic E-state index is 12.7. The average molecular weight is 323 g/mol. The number of hydrogen-bond donors (Lipinski definition) is 1. The first kappa shape index (κ1) is 11.9. The Kier molecular flexibility index (Phi) is 4.78. The average Bonchev–Trinajstić information content (AvgIpc) is 2.08. The van der Waals surface area contributed by atoms with E-state index in [1.165, 1.54) is 12.1 Å². The molecule has 0 spiro atoms. The molecule has 1 rings (SSSR count). The van der Waals surface area contributed by atoms with Gasteiger partial charge >= 0.3 is 0 Å². The SMILES string of the molecule is C=C(Br)CNCc1ccc(F)cc1Br. The highest BCUT2D eigenvalue weighted by atomic mass is 79.9. The fourth-order valence-electron chi connectivity index (χ4n) is 0.998. The number of rotatable bonds is 4. The van der Waals surface area contributed by atoms with Crippen molar-refractivity contribution in [1.82, 2.24) is 5.32 Å². The van der Waals surface area contributed by atoms with E-state index in [0.717, 1.165) is 14.5 Å². The van der Waals surface area contributed by atoms with E-state index in [1.54, 1.807) is 6.07 Å². The van der Waals surface area contributed by atoms with E-state index in [2.05, 4.69) is 43.8 Å². The molecular weight excluding hydrogens is 313 g/mol. The van der Waals surface area contributed by atoms with Crippen LogP contribution in [-0.2, 0) is 6.54 Å². The molecule has 0 aromatic heterocycles. The lowest BCUT2D eigenvalue weighted by atomic mass is 10.2. The summed E-state index contributed by atoms with van der Waals surface area (Å²) >= 11 is 6.55. The lowest BCUT2D eigenvalue weighted by molar-refractivity contribution is 0.624. The number of halogens is 3. The Hall–Kier alpha value is -0.190. The Bertz CT molecular complexity index is 339. The smallest absolute Gasteiger partial charge is 0.124 e. The number of hydrogen-bond acceptors (Lipinski definition) is 1. The molecule has 0 aliphatic heterocycles. The van der Waals surface area contributed by atoms with Crippen LogP contribution in [0.1, 0.15) is 5.56 Å². The standard InChI is InChI=1S/C10H10Br2FN/c1-7(11)5-14-6-8-2-3-9(13)4-10(8)12/h2-4,14H,1,5-6H2. The molecule has 0 unspecified atom stereocenters. The van der Waals surface area contributed by atoms with Crippen molar-refractivity contribution in [2.75, 3.05) is 6.54 Å². The van der Waals surface area contributed by atoms with Crippen LogP contribution in [0.15, 0.2) is 33.7 Å². The highest BCUT2D eigenvalue weighted by Gasteiger charge is 2.00. The van der Waals surface area contributed by atoms with E-state index in [-0.39, 0.29) is 5.82 Å². The quantitative estimate of drug-likeness (QED) is 0.893. The number of benzene rings is 1. The molecule has 4 heteroatoms. The Labute approximate surface area is 99.7 Å². The van der Waals surface area contributed by atoms with Gasteiger partial charge in [0.05, 0.1) is 0 Å². The second-order valence-corrected chi connectivity index (χ2v) is 4.83. The van der Waals surface area contributed by atoms with Crippen LogP contribution < -0.4 is 5.32 Å². The van der Waals surface area contributed by atoms with Gasteiger partial charge in [0.2, 0.25) is 0 Å². The van der Waals surface area contributed by atoms with Crippen LogP contribution >= 0.6 is 31.9 Å². The molecule has 0 atom stereocenters. The summed E-state index contributed by atoms with van der Waals surface area (Å²) in [5.41, 5.74) is 1.03. The molecule has 1 aromatic carbocycles. The summed E-state index contributed by atoms with van der Waals surface area (Å²) in [4.78, 5) is 0. The maximum atomic E-state index is 12.7. The molecule has 14 heavy (non-hydrogen) atoms. The van der Waals surface area contributed by atoms with Crippen LogP contribution in [0.3, 0.4) is 0 Å². The fourth-order valence-corrected chi connectivity index (χ4v) is 1.69. The van der Waals surface area contributed by atoms with Crippen LogP contribution in [0.5, 0.6) is 0 Å². The summed E-state index contributed by atoms with van der Waals surface area (Å²) in [7, 11) is 0. The minimum atomic E-state index is -0.231. The zero-order valence-electron chi connectivity index (χ0n) is 7.49. The molecule has 0 amide bonds. The fraction of sp³-hybridized carbons (Fsp3) is 0.200. The van der Waals surface area contributed by atoms with Crippen molar-refractivity contribution in [2.24, 2.45) is 0 Å². The summed E-state index contributed by atoms with van der Waals surface area (Å²) in [5, 5.41) is 3.16. The minimum Gasteiger partial charge on any atom is -0.308 e. The zero-order chi connectivity index (χ0) is 10.6. The van der Waals surface area contributed by atoms with Crippen molar-refractivity contribution in [1.29, 1.82) is 0 Å². The second-order valence-electron chi connectivity index (χ2n) is 2.86. The highest BCUT2D eigenvalue weighted by molar-refractivity contribution is 9.11. The lowest BCUT2D eigenvalue weighted by Crippen LogP contribution is -2.14. The van der Waals surface area contributed by atoms with Crippen molar-refractivity contribution < 1.29 is 4.39 Å². The van der Waals surface area contributed by atoms with E-state index < -0.39 is 0 Å². The van der Waals surface area contributed by atoms with Crippen LogP contribution in [0.25, 0.3) is 0 Å². The third-order valence-electron chi connectivity index (χ3n) is 1.65. The largest absolute Gasteiger partial charge is 0.308 e. The van der Waals surface area contributed by atoms with Crippen LogP contribution in [0, 0.1) is 5.82 Å². The third kappa shape index (κ3) is 3.90. The Morgan fingerprint density at radius 3 is 2.79 bits per heavy atom. The summed E-state index contributed by atoms with van der Waals surface area (Å²) < 4.78 is 14.4. The van der Waals surface area contributed by atoms with E-state index in [9.17, 15) is 4.39 Å². The molecule has 0 bridgehead atoms. The molecule has 0 heterocycles. The zero-order valence-corrected chi connectivity index (χ0v) is 10.7. The first-order chi connectivity index (χ1) is 6.59. The van der Waals surface area contributed by atoms with Crippen molar-refractivity contribution in [2.45, 2.75) is 6.54 Å². The highest BCUT2D eigenvalue weighted by Crippen LogP contribution is 2.17. The second kappa shape index (κ2) is 5.63. The predicted octanol–water partition coefficient (Wildman–Crippen LogP) is 3.59. The molecule has 0 saturated carbocycles. The first-order valence-electron chi connectivity index (χ1n) is 4.07. The van der Waals surface area contributed by atoms with Gasteiger partial charge in [-0.2, -0.15) is 0 Å². The van der Waals surface area contributed by atoms with Crippen LogP contribution in [0.2, 0.25) is 0 Å². The maximum Gasteiger partial charge on any atom is 0.124 e. The summed E-state index contributed by atoms with van der Waals surface area (Å²) in [6.07, 6.45) is 0. The van der Waals surface area contributed by atoms with Gasteiger partial charge in [-0.3, -0.25) is 0 Å². The number of nitrogens with one attached hydrogen (secondary N) is 1. The van der Waals surface area contributed by atoms with Crippen LogP contribution in [-0.4, -0.2) is 6.54 Å². The van der Waals surface area contributed by atoms with Crippen molar-refractivity contribution in [3.05, 3.63) is 45.1 Å². The minimum absolute atomic E-state index is 0.231. The monoisotopic (exact) mass is 321 g/mol. The van der Waals surface area contributed by atoms with E-state index >= 15 is 0 Å². The molecule has 0 radical (unpaired) electrons. The molecule has 1 N–H and O–H groups in total. The van der Waals surface area contributed by atoms with Crippen molar-refractivity contribution in [3.8, 4) is 0 Å². The van der Waals surface area contributed by atoms with Gasteiger partial charge in [0.25, 0.3) is 0 Å². The van der Waals surface area contributed by atoms with E-state index in [0.29, 0.717) is 13.1 Å². The summed E-state index contributed by atoms with van der Waals surface area (Å²) in [5.74, 6) is -0.231. The Morgan fingerprint density at radius 2 is 2.21 bits per heavy atom. The van der Waals surface area contributed by atoms with E-state index in [4.69, 9.17) is 0 Å². The molecular formula is C10H10Br2FN. The predicted molar refractivity (Wildman–Crippen MR) is 63.9 cm³/mol. The van der Waals surface area contributed by atoms with E-state index in [1.807, 2.05) is 0 Å². The van der Waals surface area contributed by atoms with Gasteiger partial charge in [-0.25, -0.2) is 4.39 Å². The van der Waals surface area contributed by atoms with Gasteiger partial charge in [-0.1, -0.05) is 44.5 Å². The molecule has 0 aliphatic rings. The molecule has 0 saturated heterocycles. The first-order valence-corrected chi connectivity index (χ1v) is 5.66. The van der Waals surface area contributed by atoms with Gasteiger partial charge in [0.15, 0.2) is 0 Å². The topological polar surface area (TPSA) is 12.0 Å². The van der Waals surface area contributed by atoms with Gasteiger partial charge in [-0.05, 0) is 17.7 Å². The summed E-state index contributed by atoms with van der Waals surface area (Å²) in [6.45, 7) is 5.09. The molecule has 0 aliphatic carbocycles. The summed E-state index contributed by atoms with van der Waals surface area (Å²) in [6, 6.07) is 4.66. The molecule has 1 aromatic rings. The van der Waals surface area contributed by atoms with Gasteiger partial charge in [0, 0.05) is 22.0 Å². The van der Waals surface area contributed by atoms with Crippen molar-refractivity contribution >= 4 is 31.9 Å². The molecule has 76 valence electrons.